The average Bonchev–Trinajstić information content (AvgIpc) is 3.25. The average molecular weight is 423 g/mol. The van der Waals surface area contributed by atoms with E-state index in [1.54, 1.807) is 4.90 Å². The maximum Gasteiger partial charge on any atom is 0.287 e. The minimum Gasteiger partial charge on any atom is -0.483 e. The number of hydrogen-bond acceptors (Lipinski definition) is 8. The van der Waals surface area contributed by atoms with Crippen molar-refractivity contribution in [1.82, 2.24) is 15.3 Å². The van der Waals surface area contributed by atoms with Crippen molar-refractivity contribution in [1.29, 1.82) is 0 Å². The number of hydrogen-bond donors (Lipinski definition) is 2. The first-order valence-corrected chi connectivity index (χ1v) is 10.0. The number of ether oxygens (including phenoxy) is 1. The maximum absolute atomic E-state index is 12.6. The fourth-order valence-electron chi connectivity index (χ4n) is 3.44. The first kappa shape index (κ1) is 18.4. The number of aryl methyl sites for hydroxylation is 2. The van der Waals surface area contributed by atoms with E-state index >= 15 is 0 Å². The summed E-state index contributed by atoms with van der Waals surface area (Å²) in [7, 11) is 0. The van der Waals surface area contributed by atoms with Crippen molar-refractivity contribution in [3.63, 3.8) is 0 Å². The number of benzene rings is 1. The number of oxime groups is 1. The fourth-order valence-corrected chi connectivity index (χ4v) is 4.47. The predicted molar refractivity (Wildman–Crippen MR) is 113 cm³/mol. The smallest absolute Gasteiger partial charge is 0.287 e. The summed E-state index contributed by atoms with van der Waals surface area (Å²) >= 11 is 1.40. The van der Waals surface area contributed by atoms with Gasteiger partial charge in [-0.2, -0.15) is 0 Å². The second kappa shape index (κ2) is 6.70. The van der Waals surface area contributed by atoms with Crippen LogP contribution in [0.1, 0.15) is 26.6 Å². The molecule has 1 aromatic carbocycles. The van der Waals surface area contributed by atoms with Gasteiger partial charge in [-0.05, 0) is 43.7 Å². The number of rotatable bonds is 3. The third kappa shape index (κ3) is 2.84. The van der Waals surface area contributed by atoms with Gasteiger partial charge in [0, 0.05) is 11.4 Å². The van der Waals surface area contributed by atoms with E-state index in [1.807, 2.05) is 32.0 Å². The topological polar surface area (TPSA) is 109 Å². The molecular weight excluding hydrogens is 406 g/mol. The Hall–Kier alpha value is -3.66. The van der Waals surface area contributed by atoms with Gasteiger partial charge < -0.3 is 19.9 Å². The predicted octanol–water partition coefficient (Wildman–Crippen LogP) is 2.55. The molecule has 0 fully saturated rings. The van der Waals surface area contributed by atoms with Crippen molar-refractivity contribution >= 4 is 39.0 Å². The largest absolute Gasteiger partial charge is 0.483 e. The lowest BCUT2D eigenvalue weighted by Gasteiger charge is -2.26. The molecule has 9 nitrogen and oxygen atoms in total. The summed E-state index contributed by atoms with van der Waals surface area (Å²) in [6.45, 7) is 8.18. The molecule has 0 atom stereocenters. The van der Waals surface area contributed by atoms with Gasteiger partial charge in [0.25, 0.3) is 11.5 Å². The van der Waals surface area contributed by atoms with Crippen LogP contribution in [0.4, 0.5) is 5.69 Å². The standard InChI is InChI=1S/C20H17N5O4S/c1-9-10(2)30-20-16(9)18(26)22-17(23-20)19(27)21-7-12-4-5-14-13(6-12)25-11(3)29-24-15(25)8-28-14/h4-6H,3,7-8H2,1-2H3,(H,21,27)(H,22,23,26). The molecule has 30 heavy (non-hydrogen) atoms. The molecule has 0 aliphatic carbocycles. The summed E-state index contributed by atoms with van der Waals surface area (Å²) in [5, 5.41) is 7.26. The van der Waals surface area contributed by atoms with Gasteiger partial charge in [0.2, 0.25) is 11.7 Å². The van der Waals surface area contributed by atoms with E-state index in [9.17, 15) is 9.59 Å². The van der Waals surface area contributed by atoms with Crippen LogP contribution in [0.3, 0.4) is 0 Å². The van der Waals surface area contributed by atoms with Crippen molar-refractivity contribution in [2.45, 2.75) is 20.4 Å². The molecular formula is C20H17N5O4S. The van der Waals surface area contributed by atoms with Gasteiger partial charge in [0.05, 0.1) is 11.1 Å². The number of nitrogens with one attached hydrogen (secondary N) is 2. The van der Waals surface area contributed by atoms with E-state index < -0.39 is 5.91 Å². The van der Waals surface area contributed by atoms with Crippen molar-refractivity contribution in [2.75, 3.05) is 11.5 Å². The molecule has 152 valence electrons. The summed E-state index contributed by atoms with van der Waals surface area (Å²) in [6.07, 6.45) is 0. The van der Waals surface area contributed by atoms with Crippen LogP contribution in [0.5, 0.6) is 5.75 Å². The highest BCUT2D eigenvalue weighted by molar-refractivity contribution is 7.18. The van der Waals surface area contributed by atoms with Gasteiger partial charge >= 0.3 is 0 Å². The van der Waals surface area contributed by atoms with Crippen LogP contribution in [-0.4, -0.2) is 28.3 Å². The molecule has 0 spiro atoms. The molecule has 0 saturated carbocycles. The van der Waals surface area contributed by atoms with E-state index in [-0.39, 0.29) is 17.9 Å². The highest BCUT2D eigenvalue weighted by Gasteiger charge is 2.32. The fraction of sp³-hybridized carbons (Fsp3) is 0.200. The molecule has 0 radical (unpaired) electrons. The summed E-state index contributed by atoms with van der Waals surface area (Å²) < 4.78 is 5.67. The molecule has 2 aromatic heterocycles. The van der Waals surface area contributed by atoms with Crippen LogP contribution in [0, 0.1) is 13.8 Å². The SMILES string of the molecule is C=C1ON=C2COc3ccc(CNC(=O)c4nc5sc(C)c(C)c5c(=O)[nH]4)cc3N12. The Labute approximate surface area is 174 Å². The first-order chi connectivity index (χ1) is 14.4. The van der Waals surface area contributed by atoms with Gasteiger partial charge in [-0.15, -0.1) is 11.3 Å². The van der Waals surface area contributed by atoms with E-state index in [4.69, 9.17) is 9.57 Å². The second-order valence-electron chi connectivity index (χ2n) is 6.98. The molecule has 2 aliphatic heterocycles. The van der Waals surface area contributed by atoms with Gasteiger partial charge in [-0.3, -0.25) is 14.5 Å². The van der Waals surface area contributed by atoms with Crippen molar-refractivity contribution in [2.24, 2.45) is 5.16 Å². The Balaban J connectivity index is 1.37. The van der Waals surface area contributed by atoms with Crippen LogP contribution < -0.4 is 20.5 Å². The number of anilines is 1. The lowest BCUT2D eigenvalue weighted by atomic mass is 10.1. The molecule has 2 aliphatic rings. The minimum atomic E-state index is -0.456. The summed E-state index contributed by atoms with van der Waals surface area (Å²) in [6, 6.07) is 5.55. The number of H-pyrrole nitrogens is 1. The molecule has 1 amide bonds. The Kier molecular flexibility index (Phi) is 4.10. The van der Waals surface area contributed by atoms with Crippen molar-refractivity contribution < 1.29 is 14.4 Å². The van der Waals surface area contributed by atoms with Crippen LogP contribution in [0.2, 0.25) is 0 Å². The highest BCUT2D eigenvalue weighted by Crippen LogP contribution is 2.37. The number of amides is 1. The second-order valence-corrected chi connectivity index (χ2v) is 8.18. The van der Waals surface area contributed by atoms with Gasteiger partial charge in [-0.1, -0.05) is 11.2 Å². The van der Waals surface area contributed by atoms with Gasteiger partial charge in [-0.25, -0.2) is 4.98 Å². The zero-order valence-corrected chi connectivity index (χ0v) is 17.1. The number of aromatic amines is 1. The minimum absolute atomic E-state index is 0.00853. The molecule has 0 bridgehead atoms. The lowest BCUT2D eigenvalue weighted by molar-refractivity contribution is 0.0940. The van der Waals surface area contributed by atoms with E-state index in [2.05, 4.69) is 27.0 Å². The summed E-state index contributed by atoms with van der Waals surface area (Å²) in [4.78, 5) is 40.4. The summed E-state index contributed by atoms with van der Waals surface area (Å²) in [5.74, 6) is 1.22. The molecule has 0 unspecified atom stereocenters. The van der Waals surface area contributed by atoms with Gasteiger partial charge in [0.15, 0.2) is 12.4 Å². The van der Waals surface area contributed by atoms with Crippen LogP contribution in [-0.2, 0) is 11.4 Å². The van der Waals surface area contributed by atoms with Crippen LogP contribution >= 0.6 is 11.3 Å². The maximum atomic E-state index is 12.6. The Morgan fingerprint density at radius 1 is 1.40 bits per heavy atom. The number of thiophene rings is 1. The number of aromatic nitrogens is 2. The van der Waals surface area contributed by atoms with Crippen molar-refractivity contribution in [3.8, 4) is 5.75 Å². The monoisotopic (exact) mass is 423 g/mol. The Morgan fingerprint density at radius 3 is 3.07 bits per heavy atom. The first-order valence-electron chi connectivity index (χ1n) is 9.19. The zero-order chi connectivity index (χ0) is 21.0. The van der Waals surface area contributed by atoms with E-state index in [1.165, 1.54) is 11.3 Å². The molecule has 3 aromatic rings. The number of fused-ring (bicyclic) bond motifs is 4. The van der Waals surface area contributed by atoms with Crippen molar-refractivity contribution in [3.05, 3.63) is 62.8 Å². The molecule has 4 heterocycles. The highest BCUT2D eigenvalue weighted by atomic mass is 32.1. The number of carbonyl (C=O) groups is 1. The van der Waals surface area contributed by atoms with Crippen LogP contribution in [0.25, 0.3) is 10.2 Å². The summed E-state index contributed by atoms with van der Waals surface area (Å²) in [5.41, 5.74) is 2.16. The van der Waals surface area contributed by atoms with Crippen LogP contribution in [0.15, 0.2) is 40.6 Å². The Morgan fingerprint density at radius 2 is 2.23 bits per heavy atom. The molecule has 0 saturated heterocycles. The van der Waals surface area contributed by atoms with E-state index in [0.29, 0.717) is 34.3 Å². The molecule has 2 N–H and O–H groups in total. The zero-order valence-electron chi connectivity index (χ0n) is 16.2. The normalized spacial score (nSPS) is 14.7. The molecule has 10 heteroatoms. The third-order valence-corrected chi connectivity index (χ3v) is 6.19. The third-order valence-electron chi connectivity index (χ3n) is 5.09. The number of amidine groups is 1. The number of carbonyl (C=O) groups excluding carboxylic acids is 1. The Bertz CT molecular complexity index is 1320. The van der Waals surface area contributed by atoms with E-state index in [0.717, 1.165) is 21.7 Å². The quantitative estimate of drug-likeness (QED) is 0.670. The molecule has 5 rings (SSSR count). The number of nitrogens with zero attached hydrogens (tertiary/aromatic N) is 3. The lowest BCUT2D eigenvalue weighted by Crippen LogP contribution is -2.34. The van der Waals surface area contributed by atoms with Gasteiger partial charge in [0.1, 0.15) is 10.6 Å².